The van der Waals surface area contributed by atoms with Crippen LogP contribution in [-0.2, 0) is 22.6 Å². The van der Waals surface area contributed by atoms with E-state index in [1.807, 2.05) is 6.07 Å². The fraction of sp³-hybridized carbons (Fsp3) is 0.609. The Kier molecular flexibility index (Phi) is 4.90. The normalized spacial score (nSPS) is 29.7. The predicted octanol–water partition coefficient (Wildman–Crippen LogP) is 2.30. The number of benzene rings is 1. The quantitative estimate of drug-likeness (QED) is 0.750. The Balaban J connectivity index is 1.29. The molecule has 1 aromatic carbocycles. The summed E-state index contributed by atoms with van der Waals surface area (Å²) < 4.78 is 0. The number of piperidine rings is 1. The molecule has 29 heavy (non-hydrogen) atoms. The zero-order valence-corrected chi connectivity index (χ0v) is 16.8. The molecule has 1 saturated heterocycles. The maximum absolute atomic E-state index is 12.9. The van der Waals surface area contributed by atoms with E-state index in [2.05, 4.69) is 22.8 Å². The molecule has 6 nitrogen and oxygen atoms in total. The van der Waals surface area contributed by atoms with Crippen LogP contribution in [0.2, 0.25) is 0 Å². The van der Waals surface area contributed by atoms with Gasteiger partial charge in [-0.25, -0.2) is 0 Å². The van der Waals surface area contributed by atoms with Gasteiger partial charge in [-0.05, 0) is 61.6 Å². The van der Waals surface area contributed by atoms with Crippen LogP contribution in [-0.4, -0.2) is 40.7 Å². The van der Waals surface area contributed by atoms with Crippen LogP contribution in [0.1, 0.15) is 72.9 Å². The molecule has 2 aliphatic carbocycles. The first-order valence-corrected chi connectivity index (χ1v) is 11.1. The summed E-state index contributed by atoms with van der Waals surface area (Å²) in [4.78, 5) is 38.1. The van der Waals surface area contributed by atoms with E-state index in [-0.39, 0.29) is 17.7 Å². The average molecular weight is 396 g/mol. The first-order valence-electron chi connectivity index (χ1n) is 11.1. The Morgan fingerprint density at radius 1 is 1.03 bits per heavy atom. The van der Waals surface area contributed by atoms with Crippen LogP contribution in [0.15, 0.2) is 18.2 Å². The summed E-state index contributed by atoms with van der Waals surface area (Å²) in [5, 5.41) is 6.21. The van der Waals surface area contributed by atoms with Gasteiger partial charge in [0.1, 0.15) is 6.04 Å². The zero-order chi connectivity index (χ0) is 20.0. The molecule has 2 N–H and O–H groups in total. The Morgan fingerprint density at radius 3 is 2.66 bits per heavy atom. The van der Waals surface area contributed by atoms with Gasteiger partial charge in [0.15, 0.2) is 0 Å². The molecule has 2 heterocycles. The van der Waals surface area contributed by atoms with Crippen LogP contribution in [0.4, 0.5) is 0 Å². The highest BCUT2D eigenvalue weighted by molar-refractivity contribution is 6.05. The Bertz CT molecular complexity index is 848. The Labute approximate surface area is 171 Å². The Morgan fingerprint density at radius 2 is 1.86 bits per heavy atom. The number of fused-ring (bicyclic) bond motifs is 1. The molecule has 3 fully saturated rings. The fourth-order valence-corrected chi connectivity index (χ4v) is 5.28. The van der Waals surface area contributed by atoms with Gasteiger partial charge in [-0.15, -0.1) is 0 Å². The molecular weight excluding hydrogens is 366 g/mol. The predicted molar refractivity (Wildman–Crippen MR) is 108 cm³/mol. The molecule has 2 aliphatic heterocycles. The summed E-state index contributed by atoms with van der Waals surface area (Å²) in [6.45, 7) is 0.461. The number of rotatable bonds is 5. The van der Waals surface area contributed by atoms with Crippen LogP contribution in [0.3, 0.4) is 0 Å². The van der Waals surface area contributed by atoms with Crippen molar-refractivity contribution in [3.8, 4) is 0 Å². The van der Waals surface area contributed by atoms with Gasteiger partial charge in [0.05, 0.1) is 0 Å². The largest absolute Gasteiger partial charge is 0.322 e. The third kappa shape index (κ3) is 3.82. The van der Waals surface area contributed by atoms with Crippen molar-refractivity contribution in [3.63, 3.8) is 0 Å². The summed E-state index contributed by atoms with van der Waals surface area (Å²) in [6.07, 6.45) is 9.55. The first kappa shape index (κ1) is 18.8. The summed E-state index contributed by atoms with van der Waals surface area (Å²) in [6, 6.07) is 7.01. The van der Waals surface area contributed by atoms with Gasteiger partial charge in [0.25, 0.3) is 5.91 Å². The lowest BCUT2D eigenvalue weighted by atomic mass is 9.80. The van der Waals surface area contributed by atoms with E-state index < -0.39 is 6.04 Å². The molecule has 154 valence electrons. The van der Waals surface area contributed by atoms with Crippen LogP contribution in [0, 0.1) is 5.92 Å². The molecule has 4 aliphatic rings. The van der Waals surface area contributed by atoms with Crippen LogP contribution < -0.4 is 10.6 Å². The number of carbonyl (C=O) groups excluding carboxylic acids is 3. The first-order chi connectivity index (χ1) is 14.1. The topological polar surface area (TPSA) is 78.5 Å². The molecule has 0 radical (unpaired) electrons. The highest BCUT2D eigenvalue weighted by Crippen LogP contribution is 2.33. The van der Waals surface area contributed by atoms with Gasteiger partial charge in [-0.1, -0.05) is 25.0 Å². The average Bonchev–Trinajstić information content (AvgIpc) is 3.46. The van der Waals surface area contributed by atoms with E-state index in [1.54, 1.807) is 4.90 Å². The van der Waals surface area contributed by atoms with Crippen molar-refractivity contribution in [2.45, 2.75) is 82.5 Å². The molecule has 3 amide bonds. The lowest BCUT2D eigenvalue weighted by Crippen LogP contribution is -2.52. The number of nitrogens with one attached hydrogen (secondary N) is 2. The fourth-order valence-electron chi connectivity index (χ4n) is 5.28. The molecule has 0 bridgehead atoms. The lowest BCUT2D eigenvalue weighted by Gasteiger charge is -2.32. The SMILES string of the molecule is O=C1CCC(N2Cc3cc(C[C@H]4CCCC[C@@H]4NC4CC4)ccc3C2=O)C(=O)N1. The minimum absolute atomic E-state index is 0.0907. The van der Waals surface area contributed by atoms with Gasteiger partial charge < -0.3 is 10.2 Å². The van der Waals surface area contributed by atoms with Crippen molar-refractivity contribution >= 4 is 17.7 Å². The van der Waals surface area contributed by atoms with E-state index >= 15 is 0 Å². The number of hydrogen-bond acceptors (Lipinski definition) is 4. The zero-order valence-electron chi connectivity index (χ0n) is 16.8. The minimum atomic E-state index is -0.540. The highest BCUT2D eigenvalue weighted by atomic mass is 16.2. The van der Waals surface area contributed by atoms with Crippen molar-refractivity contribution in [1.82, 2.24) is 15.5 Å². The molecule has 2 saturated carbocycles. The lowest BCUT2D eigenvalue weighted by molar-refractivity contribution is -0.136. The summed E-state index contributed by atoms with van der Waals surface area (Å²) in [7, 11) is 0. The molecule has 1 aromatic rings. The maximum Gasteiger partial charge on any atom is 0.255 e. The standard InChI is InChI=1S/C23H29N3O3/c27-21-10-9-20(22(28)25-21)26-13-16-12-14(5-8-18(16)23(26)29)11-15-3-1-2-4-19(15)24-17-6-7-17/h5,8,12,15,17,19-20,24H,1-4,6-7,9-11,13H2,(H,25,27,28)/t15-,19+,20?/m1/s1. The molecule has 5 rings (SSSR count). The van der Waals surface area contributed by atoms with Crippen molar-refractivity contribution in [2.75, 3.05) is 0 Å². The van der Waals surface area contributed by atoms with Crippen molar-refractivity contribution in [2.24, 2.45) is 5.92 Å². The third-order valence-corrected chi connectivity index (χ3v) is 7.02. The monoisotopic (exact) mass is 395 g/mol. The molecular formula is C23H29N3O3. The smallest absolute Gasteiger partial charge is 0.255 e. The third-order valence-electron chi connectivity index (χ3n) is 7.02. The second-order valence-corrected chi connectivity index (χ2v) is 9.19. The summed E-state index contributed by atoms with van der Waals surface area (Å²) >= 11 is 0. The van der Waals surface area contributed by atoms with E-state index in [0.29, 0.717) is 36.9 Å². The van der Waals surface area contributed by atoms with E-state index in [4.69, 9.17) is 0 Å². The second kappa shape index (κ2) is 7.56. The highest BCUT2D eigenvalue weighted by Gasteiger charge is 2.39. The molecule has 3 atom stereocenters. The summed E-state index contributed by atoms with van der Waals surface area (Å²) in [5.41, 5.74) is 3.01. The van der Waals surface area contributed by atoms with Crippen molar-refractivity contribution in [3.05, 3.63) is 34.9 Å². The number of carbonyl (C=O) groups is 3. The number of amides is 3. The Hall–Kier alpha value is -2.21. The van der Waals surface area contributed by atoms with E-state index in [9.17, 15) is 14.4 Å². The molecule has 0 aromatic heterocycles. The molecule has 0 spiro atoms. The van der Waals surface area contributed by atoms with Gasteiger partial charge >= 0.3 is 0 Å². The molecule has 1 unspecified atom stereocenters. The van der Waals surface area contributed by atoms with Crippen LogP contribution in [0.5, 0.6) is 0 Å². The minimum Gasteiger partial charge on any atom is -0.322 e. The number of imide groups is 1. The van der Waals surface area contributed by atoms with Crippen molar-refractivity contribution < 1.29 is 14.4 Å². The van der Waals surface area contributed by atoms with Gasteiger partial charge in [0, 0.05) is 30.6 Å². The molecule has 6 heteroatoms. The van der Waals surface area contributed by atoms with Gasteiger partial charge in [-0.3, -0.25) is 19.7 Å². The number of nitrogens with zero attached hydrogens (tertiary/aromatic N) is 1. The van der Waals surface area contributed by atoms with Gasteiger partial charge in [0.2, 0.25) is 11.8 Å². The van der Waals surface area contributed by atoms with E-state index in [0.717, 1.165) is 18.0 Å². The van der Waals surface area contributed by atoms with Crippen LogP contribution in [0.25, 0.3) is 0 Å². The maximum atomic E-state index is 12.9. The van der Waals surface area contributed by atoms with Crippen LogP contribution >= 0.6 is 0 Å². The second-order valence-electron chi connectivity index (χ2n) is 9.19. The van der Waals surface area contributed by atoms with Crippen molar-refractivity contribution in [1.29, 1.82) is 0 Å². The van der Waals surface area contributed by atoms with Gasteiger partial charge in [-0.2, -0.15) is 0 Å². The summed E-state index contributed by atoms with van der Waals surface area (Å²) in [5.74, 6) is -0.0314. The number of hydrogen-bond donors (Lipinski definition) is 2. The van der Waals surface area contributed by atoms with E-state index in [1.165, 1.54) is 44.1 Å².